The molecule has 0 aliphatic rings. The molecule has 0 aliphatic heterocycles. The van der Waals surface area contributed by atoms with E-state index in [0.29, 0.717) is 6.41 Å². The van der Waals surface area contributed by atoms with Crippen LogP contribution in [-0.2, 0) is 20.8 Å². The zero-order valence-corrected chi connectivity index (χ0v) is 21.2. The Bertz CT molecular complexity index is 1340. The van der Waals surface area contributed by atoms with Crippen molar-refractivity contribution in [1.29, 1.82) is 0 Å². The third kappa shape index (κ3) is 7.15. The molecular formula is C30H34N4O3. The Labute approximate surface area is 217 Å². The van der Waals surface area contributed by atoms with Gasteiger partial charge in [0.05, 0.1) is 6.54 Å². The summed E-state index contributed by atoms with van der Waals surface area (Å²) in [5.41, 5.74) is 7.16. The summed E-state index contributed by atoms with van der Waals surface area (Å²) in [6.07, 6.45) is 1.29. The largest absolute Gasteiger partial charge is 0.343 e. The van der Waals surface area contributed by atoms with Gasteiger partial charge >= 0.3 is 0 Å². The Kier molecular flexibility index (Phi) is 10.2. The lowest BCUT2D eigenvalue weighted by Crippen LogP contribution is -2.52. The van der Waals surface area contributed by atoms with Crippen molar-refractivity contribution in [2.24, 2.45) is 5.73 Å². The second-order valence-electron chi connectivity index (χ2n) is 8.67. The van der Waals surface area contributed by atoms with Gasteiger partial charge in [0.15, 0.2) is 0 Å². The van der Waals surface area contributed by atoms with Crippen LogP contribution in [0.2, 0.25) is 0 Å². The molecule has 37 heavy (non-hydrogen) atoms. The lowest BCUT2D eigenvalue weighted by molar-refractivity contribution is -0.129. The first kappa shape index (κ1) is 27.4. The molecule has 0 heterocycles. The predicted octanol–water partition coefficient (Wildman–Crippen LogP) is 3.96. The summed E-state index contributed by atoms with van der Waals surface area (Å²) in [5, 5.41) is 12.2. The Balaban J connectivity index is 0.00000121. The first-order chi connectivity index (χ1) is 18.0. The second kappa shape index (κ2) is 13.8. The first-order valence-electron chi connectivity index (χ1n) is 12.5. The van der Waals surface area contributed by atoms with E-state index in [2.05, 4.69) is 29.8 Å². The van der Waals surface area contributed by atoms with Gasteiger partial charge < -0.3 is 21.7 Å². The van der Waals surface area contributed by atoms with Gasteiger partial charge in [-0.25, -0.2) is 0 Å². The first-order valence-corrected chi connectivity index (χ1v) is 12.5. The average Bonchev–Trinajstić information content (AvgIpc) is 2.92. The van der Waals surface area contributed by atoms with Crippen LogP contribution in [-0.4, -0.2) is 30.8 Å². The minimum atomic E-state index is -0.882. The highest BCUT2D eigenvalue weighted by Crippen LogP contribution is 2.24. The molecule has 0 aliphatic carbocycles. The van der Waals surface area contributed by atoms with Crippen LogP contribution in [0.15, 0.2) is 84.9 Å². The number of carbonyl (C=O) groups excluding carboxylic acids is 3. The standard InChI is InChI=1S/C27H26N4O3.C3H8/c28-16-25(33)30-24(15-20-11-5-9-18-7-1-3-12-21(18)20)27(34)31-26(29-17-32)23-14-6-10-19-8-2-4-13-22(19)23;1-3-2/h1-14,17,24,26H,15-16,28H2,(H,29,32)(H,30,33)(H,31,34);3H2,1-2H3/t24-,26-;/m1./s1. The van der Waals surface area contributed by atoms with E-state index < -0.39 is 24.0 Å². The predicted molar refractivity (Wildman–Crippen MR) is 149 cm³/mol. The van der Waals surface area contributed by atoms with Gasteiger partial charge in [-0.2, -0.15) is 0 Å². The third-order valence-corrected chi connectivity index (χ3v) is 5.80. The van der Waals surface area contributed by atoms with Crippen molar-refractivity contribution < 1.29 is 14.4 Å². The molecule has 0 unspecified atom stereocenters. The molecule has 7 nitrogen and oxygen atoms in total. The molecule has 4 aromatic carbocycles. The summed E-state index contributed by atoms with van der Waals surface area (Å²) in [6, 6.07) is 26.2. The molecule has 7 heteroatoms. The van der Waals surface area contributed by atoms with Crippen molar-refractivity contribution in [2.45, 2.75) is 38.9 Å². The van der Waals surface area contributed by atoms with Gasteiger partial charge in [-0.1, -0.05) is 105 Å². The third-order valence-electron chi connectivity index (χ3n) is 5.80. The number of nitrogens with one attached hydrogen (secondary N) is 3. The van der Waals surface area contributed by atoms with E-state index in [0.717, 1.165) is 32.7 Å². The fourth-order valence-corrected chi connectivity index (χ4v) is 4.18. The summed E-state index contributed by atoms with van der Waals surface area (Å²) >= 11 is 0. The maximum Gasteiger partial charge on any atom is 0.244 e. The van der Waals surface area contributed by atoms with Gasteiger partial charge in [0.2, 0.25) is 18.2 Å². The number of amides is 3. The maximum absolute atomic E-state index is 13.4. The maximum atomic E-state index is 13.4. The van der Waals surface area contributed by atoms with Crippen molar-refractivity contribution in [3.63, 3.8) is 0 Å². The van der Waals surface area contributed by atoms with Gasteiger partial charge in [-0.05, 0) is 27.1 Å². The molecule has 0 saturated carbocycles. The minimum Gasteiger partial charge on any atom is -0.343 e. The molecule has 3 amide bonds. The SMILES string of the molecule is CCC.NCC(=O)N[C@H](Cc1cccc2ccccc12)C(=O)N[C@@H](NC=O)c1cccc2ccccc12. The van der Waals surface area contributed by atoms with Crippen molar-refractivity contribution in [3.05, 3.63) is 96.1 Å². The van der Waals surface area contributed by atoms with Gasteiger partial charge in [-0.3, -0.25) is 14.4 Å². The minimum absolute atomic E-state index is 0.237. The lowest BCUT2D eigenvalue weighted by Gasteiger charge is -2.24. The summed E-state index contributed by atoms with van der Waals surface area (Å²) in [7, 11) is 0. The van der Waals surface area contributed by atoms with E-state index in [1.807, 2.05) is 84.9 Å². The van der Waals surface area contributed by atoms with Gasteiger partial charge in [0, 0.05) is 12.0 Å². The van der Waals surface area contributed by atoms with Crippen molar-refractivity contribution >= 4 is 39.8 Å². The number of benzene rings is 4. The number of fused-ring (bicyclic) bond motifs is 2. The number of hydrogen-bond donors (Lipinski definition) is 4. The monoisotopic (exact) mass is 498 g/mol. The van der Waals surface area contributed by atoms with Crippen molar-refractivity contribution in [1.82, 2.24) is 16.0 Å². The normalized spacial score (nSPS) is 12.1. The van der Waals surface area contributed by atoms with Gasteiger partial charge in [0.25, 0.3) is 0 Å². The molecule has 4 rings (SSSR count). The summed E-state index contributed by atoms with van der Waals surface area (Å²) in [5.74, 6) is -0.868. The van der Waals surface area contributed by atoms with Gasteiger partial charge in [0.1, 0.15) is 12.2 Å². The van der Waals surface area contributed by atoms with Crippen LogP contribution in [0, 0.1) is 0 Å². The van der Waals surface area contributed by atoms with E-state index in [9.17, 15) is 14.4 Å². The highest BCUT2D eigenvalue weighted by Gasteiger charge is 2.25. The fourth-order valence-electron chi connectivity index (χ4n) is 4.18. The highest BCUT2D eigenvalue weighted by molar-refractivity contribution is 5.92. The van der Waals surface area contributed by atoms with Crippen LogP contribution in [0.3, 0.4) is 0 Å². The molecule has 0 bridgehead atoms. The van der Waals surface area contributed by atoms with E-state index in [1.54, 1.807) is 0 Å². The number of hydrogen-bond acceptors (Lipinski definition) is 4. The average molecular weight is 499 g/mol. The lowest BCUT2D eigenvalue weighted by atomic mass is 9.97. The molecule has 0 spiro atoms. The smallest absolute Gasteiger partial charge is 0.244 e. The Hall–Kier alpha value is -4.23. The van der Waals surface area contributed by atoms with Crippen molar-refractivity contribution in [3.8, 4) is 0 Å². The molecular weight excluding hydrogens is 464 g/mol. The van der Waals surface area contributed by atoms with Crippen LogP contribution in [0.4, 0.5) is 0 Å². The number of nitrogens with two attached hydrogens (primary N) is 1. The summed E-state index contributed by atoms with van der Waals surface area (Å²) in [6.45, 7) is 4.01. The van der Waals surface area contributed by atoms with E-state index in [-0.39, 0.29) is 13.0 Å². The van der Waals surface area contributed by atoms with Crippen LogP contribution in [0.5, 0.6) is 0 Å². The second-order valence-corrected chi connectivity index (χ2v) is 8.67. The number of carbonyl (C=O) groups is 3. The molecule has 0 fully saturated rings. The zero-order chi connectivity index (χ0) is 26.6. The molecule has 0 saturated heterocycles. The van der Waals surface area contributed by atoms with Crippen LogP contribution in [0.25, 0.3) is 21.5 Å². The Morgan fingerprint density at radius 1 is 0.811 bits per heavy atom. The Morgan fingerprint density at radius 2 is 1.38 bits per heavy atom. The molecule has 5 N–H and O–H groups in total. The van der Waals surface area contributed by atoms with Crippen molar-refractivity contribution in [2.75, 3.05) is 6.54 Å². The molecule has 192 valence electrons. The van der Waals surface area contributed by atoms with E-state index in [4.69, 9.17) is 5.73 Å². The molecule has 0 aromatic heterocycles. The highest BCUT2D eigenvalue weighted by atomic mass is 16.2. The van der Waals surface area contributed by atoms with E-state index in [1.165, 1.54) is 6.42 Å². The van der Waals surface area contributed by atoms with Crippen LogP contribution in [0.1, 0.15) is 37.6 Å². The Morgan fingerprint density at radius 3 is 2.03 bits per heavy atom. The molecule has 2 atom stereocenters. The topological polar surface area (TPSA) is 113 Å². The molecule has 4 aromatic rings. The van der Waals surface area contributed by atoms with Crippen LogP contribution < -0.4 is 21.7 Å². The quantitative estimate of drug-likeness (QED) is 0.207. The van der Waals surface area contributed by atoms with Gasteiger partial charge in [-0.15, -0.1) is 0 Å². The summed E-state index contributed by atoms with van der Waals surface area (Å²) in [4.78, 5) is 36.9. The van der Waals surface area contributed by atoms with Crippen LogP contribution >= 0.6 is 0 Å². The zero-order valence-electron chi connectivity index (χ0n) is 21.2. The van der Waals surface area contributed by atoms with E-state index >= 15 is 0 Å². The number of rotatable bonds is 9. The molecule has 0 radical (unpaired) electrons. The summed E-state index contributed by atoms with van der Waals surface area (Å²) < 4.78 is 0. The fraction of sp³-hybridized carbons (Fsp3) is 0.233.